The Hall–Kier alpha value is -1.19. The highest BCUT2D eigenvalue weighted by molar-refractivity contribution is 7.14. The zero-order chi connectivity index (χ0) is 18.6. The van der Waals surface area contributed by atoms with Crippen molar-refractivity contribution < 1.29 is 19.1 Å². The number of halogens is 1. The lowest BCUT2D eigenvalue weighted by atomic mass is 9.82. The molecule has 27 heavy (non-hydrogen) atoms. The van der Waals surface area contributed by atoms with Crippen LogP contribution in [0.3, 0.4) is 0 Å². The van der Waals surface area contributed by atoms with Gasteiger partial charge >= 0.3 is 0 Å². The topological polar surface area (TPSA) is 93.9 Å². The minimum Gasteiger partial charge on any atom is -0.385 e. The van der Waals surface area contributed by atoms with Crippen LogP contribution in [0.25, 0.3) is 0 Å². The quantitative estimate of drug-likeness (QED) is 0.680. The fraction of sp³-hybridized carbons (Fsp3) is 0.667. The van der Waals surface area contributed by atoms with Crippen LogP contribution in [0.5, 0.6) is 0 Å². The van der Waals surface area contributed by atoms with Crippen molar-refractivity contribution in [3.63, 3.8) is 0 Å². The van der Waals surface area contributed by atoms with Gasteiger partial charge < -0.3 is 25.4 Å². The molecule has 2 aliphatic rings. The van der Waals surface area contributed by atoms with Crippen LogP contribution >= 0.6 is 23.7 Å². The van der Waals surface area contributed by atoms with Crippen LogP contribution in [-0.4, -0.2) is 63.2 Å². The number of carbonyl (C=O) groups is 2. The van der Waals surface area contributed by atoms with Gasteiger partial charge in [0.05, 0.1) is 23.6 Å². The number of carbonyl (C=O) groups excluding carboxylic acids is 2. The van der Waals surface area contributed by atoms with E-state index >= 15 is 0 Å². The summed E-state index contributed by atoms with van der Waals surface area (Å²) >= 11 is 1.56. The number of piperidine rings is 1. The Morgan fingerprint density at radius 2 is 2.15 bits per heavy atom. The van der Waals surface area contributed by atoms with E-state index in [4.69, 9.17) is 15.2 Å². The van der Waals surface area contributed by atoms with E-state index in [1.54, 1.807) is 23.3 Å². The summed E-state index contributed by atoms with van der Waals surface area (Å²) in [5.74, 6) is -0.0521. The molecule has 9 heteroatoms. The lowest BCUT2D eigenvalue weighted by molar-refractivity contribution is -0.139. The molecular formula is C18H28ClN3O4S. The molecule has 1 spiro atoms. The van der Waals surface area contributed by atoms with Crippen LogP contribution in [0.15, 0.2) is 6.07 Å². The maximum Gasteiger partial charge on any atom is 0.261 e. The Kier molecular flexibility index (Phi) is 8.05. The molecule has 1 aromatic rings. The van der Waals surface area contributed by atoms with E-state index in [0.717, 1.165) is 36.1 Å². The number of nitrogens with zero attached hydrogens (tertiary/aromatic N) is 1. The van der Waals surface area contributed by atoms with Crippen molar-refractivity contribution >= 4 is 35.6 Å². The summed E-state index contributed by atoms with van der Waals surface area (Å²) < 4.78 is 11.2. The summed E-state index contributed by atoms with van der Waals surface area (Å²) in [6.07, 6.45) is 3.13. The first-order valence-corrected chi connectivity index (χ1v) is 9.93. The largest absolute Gasteiger partial charge is 0.385 e. The number of amides is 2. The standard InChI is InChI=1S/C18H27N3O4S.ClH/c1-24-9-2-6-20-17(23)15-11-13-14(26-15)3-10-25-18(13)4-7-21(8-5-18)16(22)12-19;/h11H,2-10,12,19H2,1H3,(H,20,23);1H. The summed E-state index contributed by atoms with van der Waals surface area (Å²) in [6.45, 7) is 3.23. The number of nitrogens with one attached hydrogen (secondary N) is 1. The second-order valence-electron chi connectivity index (χ2n) is 6.73. The van der Waals surface area contributed by atoms with E-state index in [-0.39, 0.29) is 36.4 Å². The predicted octanol–water partition coefficient (Wildman–Crippen LogP) is 1.29. The van der Waals surface area contributed by atoms with Gasteiger partial charge in [-0.05, 0) is 30.9 Å². The van der Waals surface area contributed by atoms with Crippen LogP contribution in [-0.2, 0) is 26.3 Å². The van der Waals surface area contributed by atoms with Crippen molar-refractivity contribution in [2.75, 3.05) is 46.5 Å². The SMILES string of the molecule is COCCCNC(=O)c1cc2c(s1)CCOC21CCN(C(=O)CN)CC1.Cl. The average Bonchev–Trinajstić information content (AvgIpc) is 3.11. The number of fused-ring (bicyclic) bond motifs is 2. The number of rotatable bonds is 6. The molecule has 1 fully saturated rings. The average molecular weight is 418 g/mol. The Balaban J connectivity index is 0.00000261. The van der Waals surface area contributed by atoms with E-state index in [1.807, 2.05) is 6.07 Å². The van der Waals surface area contributed by atoms with Gasteiger partial charge in [0, 0.05) is 44.6 Å². The van der Waals surface area contributed by atoms with E-state index in [2.05, 4.69) is 5.32 Å². The number of ether oxygens (including phenoxy) is 2. The minimum atomic E-state index is -0.371. The Morgan fingerprint density at radius 1 is 1.41 bits per heavy atom. The molecule has 0 atom stereocenters. The first kappa shape index (κ1) is 22.1. The Bertz CT molecular complexity index is 659. The van der Waals surface area contributed by atoms with Crippen molar-refractivity contribution in [1.29, 1.82) is 0 Å². The third-order valence-electron chi connectivity index (χ3n) is 5.14. The number of hydrogen-bond donors (Lipinski definition) is 2. The summed E-state index contributed by atoms with van der Waals surface area (Å²) in [7, 11) is 1.65. The first-order valence-electron chi connectivity index (χ1n) is 9.12. The number of nitrogens with two attached hydrogens (primary N) is 1. The van der Waals surface area contributed by atoms with Crippen LogP contribution in [0.1, 0.15) is 39.4 Å². The van der Waals surface area contributed by atoms with Crippen LogP contribution in [0.2, 0.25) is 0 Å². The first-order chi connectivity index (χ1) is 12.6. The van der Waals surface area contributed by atoms with Crippen LogP contribution < -0.4 is 11.1 Å². The van der Waals surface area contributed by atoms with E-state index in [1.165, 1.54) is 4.88 Å². The maximum atomic E-state index is 12.4. The smallest absolute Gasteiger partial charge is 0.261 e. The molecule has 0 saturated carbocycles. The van der Waals surface area contributed by atoms with Crippen LogP contribution in [0, 0.1) is 0 Å². The Labute approximate surface area is 170 Å². The second-order valence-corrected chi connectivity index (χ2v) is 7.86. The van der Waals surface area contributed by atoms with Crippen molar-refractivity contribution in [3.05, 3.63) is 21.4 Å². The summed E-state index contributed by atoms with van der Waals surface area (Å²) in [4.78, 5) is 28.0. The maximum absolute atomic E-state index is 12.4. The third kappa shape index (κ3) is 4.81. The fourth-order valence-corrected chi connectivity index (χ4v) is 4.84. The van der Waals surface area contributed by atoms with Gasteiger partial charge in [-0.3, -0.25) is 9.59 Å². The highest BCUT2D eigenvalue weighted by Gasteiger charge is 2.42. The van der Waals surface area contributed by atoms with E-state index in [0.29, 0.717) is 32.8 Å². The van der Waals surface area contributed by atoms with Crippen molar-refractivity contribution in [2.45, 2.75) is 31.3 Å². The van der Waals surface area contributed by atoms with Crippen molar-refractivity contribution in [3.8, 4) is 0 Å². The molecule has 0 unspecified atom stereocenters. The lowest BCUT2D eigenvalue weighted by Crippen LogP contribution is -2.49. The van der Waals surface area contributed by atoms with Gasteiger partial charge in [-0.25, -0.2) is 0 Å². The second kappa shape index (κ2) is 9.84. The minimum absolute atomic E-state index is 0. The lowest BCUT2D eigenvalue weighted by Gasteiger charge is -2.44. The van der Waals surface area contributed by atoms with Gasteiger partial charge in [0.1, 0.15) is 0 Å². The molecule has 0 aromatic carbocycles. The molecule has 0 radical (unpaired) electrons. The van der Waals surface area contributed by atoms with Crippen LogP contribution in [0.4, 0.5) is 0 Å². The predicted molar refractivity (Wildman–Crippen MR) is 107 cm³/mol. The number of thiophene rings is 1. The van der Waals surface area contributed by atoms with Crippen molar-refractivity contribution in [2.24, 2.45) is 5.73 Å². The summed E-state index contributed by atoms with van der Waals surface area (Å²) in [5.41, 5.74) is 6.24. The molecule has 3 heterocycles. The highest BCUT2D eigenvalue weighted by atomic mass is 35.5. The van der Waals surface area contributed by atoms with E-state index in [9.17, 15) is 9.59 Å². The molecule has 2 aliphatic heterocycles. The molecule has 2 amide bonds. The van der Waals surface area contributed by atoms with Gasteiger partial charge in [0.15, 0.2) is 0 Å². The number of hydrogen-bond acceptors (Lipinski definition) is 6. The van der Waals surface area contributed by atoms with Crippen molar-refractivity contribution in [1.82, 2.24) is 10.2 Å². The third-order valence-corrected chi connectivity index (χ3v) is 6.33. The molecule has 3 rings (SSSR count). The van der Waals surface area contributed by atoms with Gasteiger partial charge in [0.2, 0.25) is 5.91 Å². The zero-order valence-electron chi connectivity index (χ0n) is 15.6. The number of methoxy groups -OCH3 is 1. The van der Waals surface area contributed by atoms with Gasteiger partial charge in [0.25, 0.3) is 5.91 Å². The molecule has 1 aromatic heterocycles. The molecule has 3 N–H and O–H groups in total. The summed E-state index contributed by atoms with van der Waals surface area (Å²) in [5, 5.41) is 2.95. The molecule has 152 valence electrons. The zero-order valence-corrected chi connectivity index (χ0v) is 17.3. The number of likely N-dealkylation sites (tertiary alicyclic amines) is 1. The molecule has 7 nitrogen and oxygen atoms in total. The highest BCUT2D eigenvalue weighted by Crippen LogP contribution is 2.44. The molecule has 0 bridgehead atoms. The fourth-order valence-electron chi connectivity index (χ4n) is 3.69. The monoisotopic (exact) mass is 417 g/mol. The van der Waals surface area contributed by atoms with E-state index < -0.39 is 0 Å². The molecule has 1 saturated heterocycles. The Morgan fingerprint density at radius 3 is 2.81 bits per heavy atom. The van der Waals surface area contributed by atoms with Gasteiger partial charge in [-0.2, -0.15) is 0 Å². The summed E-state index contributed by atoms with van der Waals surface area (Å²) in [6, 6.07) is 1.99. The normalized spacial score (nSPS) is 17.9. The van der Waals surface area contributed by atoms with Gasteiger partial charge in [-0.1, -0.05) is 0 Å². The van der Waals surface area contributed by atoms with Gasteiger partial charge in [-0.15, -0.1) is 23.7 Å². The molecule has 0 aliphatic carbocycles. The molecular weight excluding hydrogens is 390 g/mol.